The molecule has 3 unspecified atom stereocenters. The lowest BCUT2D eigenvalue weighted by molar-refractivity contribution is 0.157. The van der Waals surface area contributed by atoms with Gasteiger partial charge in [-0.15, -0.1) is 0 Å². The Morgan fingerprint density at radius 1 is 1.47 bits per heavy atom. The number of likely N-dealkylation sites (tertiary alicyclic amines) is 1. The molecule has 0 aromatic heterocycles. The van der Waals surface area contributed by atoms with Crippen molar-refractivity contribution in [2.75, 3.05) is 20.1 Å². The van der Waals surface area contributed by atoms with Gasteiger partial charge in [0.15, 0.2) is 0 Å². The van der Waals surface area contributed by atoms with Crippen LogP contribution in [0.3, 0.4) is 0 Å². The van der Waals surface area contributed by atoms with Gasteiger partial charge in [0.05, 0.1) is 0 Å². The van der Waals surface area contributed by atoms with Crippen LogP contribution < -0.4 is 11.5 Å². The minimum Gasteiger partial charge on any atom is -0.330 e. The van der Waals surface area contributed by atoms with Crippen LogP contribution in [0, 0.1) is 11.8 Å². The van der Waals surface area contributed by atoms with E-state index in [0.717, 1.165) is 12.5 Å². The molecule has 3 heteroatoms. The molecule has 0 aromatic carbocycles. The van der Waals surface area contributed by atoms with Crippen LogP contribution in [0.1, 0.15) is 33.6 Å². The Balaban J connectivity index is 2.65. The molecule has 90 valence electrons. The first kappa shape index (κ1) is 12.9. The third kappa shape index (κ3) is 2.52. The van der Waals surface area contributed by atoms with Crippen LogP contribution in [0.4, 0.5) is 0 Å². The molecule has 3 nitrogen and oxygen atoms in total. The average Bonchev–Trinajstić information content (AvgIpc) is 2.40. The van der Waals surface area contributed by atoms with E-state index in [0.29, 0.717) is 12.5 Å². The average molecular weight is 213 g/mol. The second-order valence-corrected chi connectivity index (χ2v) is 5.69. The maximum Gasteiger partial charge on any atom is 0.0333 e. The van der Waals surface area contributed by atoms with E-state index >= 15 is 0 Å². The molecular weight excluding hydrogens is 186 g/mol. The molecule has 1 aliphatic heterocycles. The molecule has 4 N–H and O–H groups in total. The predicted octanol–water partition coefficient (Wildman–Crippen LogP) is 1.03. The van der Waals surface area contributed by atoms with Crippen LogP contribution in [0.5, 0.6) is 0 Å². The molecule has 1 saturated heterocycles. The highest BCUT2D eigenvalue weighted by molar-refractivity contribution is 5.04. The van der Waals surface area contributed by atoms with Gasteiger partial charge in [0.1, 0.15) is 0 Å². The fourth-order valence-corrected chi connectivity index (χ4v) is 2.60. The van der Waals surface area contributed by atoms with Crippen molar-refractivity contribution in [3.63, 3.8) is 0 Å². The standard InChI is InChI=1S/C12H27N3/c1-9(2)5-6-12(3)11(14)10(7-13)8-15(12)4/h9-11H,5-8,13-14H2,1-4H3. The number of nitrogens with zero attached hydrogens (tertiary/aromatic N) is 1. The summed E-state index contributed by atoms with van der Waals surface area (Å²) in [6, 6.07) is 0.228. The first-order chi connectivity index (χ1) is 6.91. The largest absolute Gasteiger partial charge is 0.330 e. The molecule has 1 aliphatic rings. The number of nitrogens with two attached hydrogens (primary N) is 2. The third-order valence-corrected chi connectivity index (χ3v) is 4.14. The van der Waals surface area contributed by atoms with Crippen molar-refractivity contribution in [1.29, 1.82) is 0 Å². The maximum atomic E-state index is 6.32. The Kier molecular flexibility index (Phi) is 4.15. The molecule has 1 fully saturated rings. The molecule has 0 aromatic rings. The summed E-state index contributed by atoms with van der Waals surface area (Å²) >= 11 is 0. The summed E-state index contributed by atoms with van der Waals surface area (Å²) in [6.07, 6.45) is 2.42. The van der Waals surface area contributed by atoms with E-state index in [1.54, 1.807) is 0 Å². The lowest BCUT2D eigenvalue weighted by atomic mass is 9.83. The first-order valence-electron chi connectivity index (χ1n) is 6.08. The molecule has 3 atom stereocenters. The van der Waals surface area contributed by atoms with Gasteiger partial charge < -0.3 is 11.5 Å². The molecule has 1 heterocycles. The predicted molar refractivity (Wildman–Crippen MR) is 65.6 cm³/mol. The van der Waals surface area contributed by atoms with Gasteiger partial charge in [-0.05, 0) is 39.3 Å². The van der Waals surface area contributed by atoms with E-state index < -0.39 is 0 Å². The van der Waals surface area contributed by atoms with Crippen LogP contribution in [-0.4, -0.2) is 36.6 Å². The van der Waals surface area contributed by atoms with Crippen LogP contribution in [-0.2, 0) is 0 Å². The summed E-state index contributed by atoms with van der Waals surface area (Å²) in [5.41, 5.74) is 12.2. The molecule has 0 bridgehead atoms. The van der Waals surface area contributed by atoms with Crippen molar-refractivity contribution in [3.8, 4) is 0 Å². The van der Waals surface area contributed by atoms with Crippen LogP contribution in [0.15, 0.2) is 0 Å². The number of hydrogen-bond acceptors (Lipinski definition) is 3. The van der Waals surface area contributed by atoms with Crippen molar-refractivity contribution in [2.24, 2.45) is 23.3 Å². The van der Waals surface area contributed by atoms with Gasteiger partial charge in [0.25, 0.3) is 0 Å². The van der Waals surface area contributed by atoms with Crippen molar-refractivity contribution in [2.45, 2.75) is 45.2 Å². The molecule has 0 spiro atoms. The minimum atomic E-state index is 0.147. The Labute approximate surface area is 94.2 Å². The van der Waals surface area contributed by atoms with E-state index in [1.165, 1.54) is 12.8 Å². The topological polar surface area (TPSA) is 55.3 Å². The quantitative estimate of drug-likeness (QED) is 0.733. The van der Waals surface area contributed by atoms with Gasteiger partial charge in [-0.25, -0.2) is 0 Å². The Morgan fingerprint density at radius 2 is 2.07 bits per heavy atom. The highest BCUT2D eigenvalue weighted by Crippen LogP contribution is 2.34. The van der Waals surface area contributed by atoms with E-state index in [4.69, 9.17) is 11.5 Å². The van der Waals surface area contributed by atoms with Crippen molar-refractivity contribution in [1.82, 2.24) is 4.90 Å². The van der Waals surface area contributed by atoms with E-state index in [9.17, 15) is 0 Å². The fourth-order valence-electron chi connectivity index (χ4n) is 2.60. The Bertz CT molecular complexity index is 205. The first-order valence-corrected chi connectivity index (χ1v) is 6.08. The summed E-state index contributed by atoms with van der Waals surface area (Å²) in [7, 11) is 2.18. The van der Waals surface area contributed by atoms with Gasteiger partial charge in [-0.1, -0.05) is 13.8 Å². The number of hydrogen-bond donors (Lipinski definition) is 2. The van der Waals surface area contributed by atoms with Gasteiger partial charge in [-0.3, -0.25) is 4.90 Å². The van der Waals surface area contributed by atoms with Gasteiger partial charge in [-0.2, -0.15) is 0 Å². The number of likely N-dealkylation sites (N-methyl/N-ethyl adjacent to an activating group) is 1. The van der Waals surface area contributed by atoms with Crippen molar-refractivity contribution >= 4 is 0 Å². The molecule has 15 heavy (non-hydrogen) atoms. The second-order valence-electron chi connectivity index (χ2n) is 5.69. The van der Waals surface area contributed by atoms with Gasteiger partial charge >= 0.3 is 0 Å². The van der Waals surface area contributed by atoms with E-state index in [2.05, 4.69) is 32.7 Å². The maximum absolute atomic E-state index is 6.32. The zero-order chi connectivity index (χ0) is 11.6. The van der Waals surface area contributed by atoms with Crippen LogP contribution >= 0.6 is 0 Å². The summed E-state index contributed by atoms with van der Waals surface area (Å²) in [6.45, 7) is 8.58. The zero-order valence-corrected chi connectivity index (χ0v) is 10.7. The lowest BCUT2D eigenvalue weighted by Crippen LogP contribution is -2.51. The third-order valence-electron chi connectivity index (χ3n) is 4.14. The summed E-state index contributed by atoms with van der Waals surface area (Å²) in [5.74, 6) is 1.21. The van der Waals surface area contributed by atoms with Gasteiger partial charge in [0, 0.05) is 24.0 Å². The molecule has 0 amide bonds. The highest BCUT2D eigenvalue weighted by atomic mass is 15.2. The molecule has 1 rings (SSSR count). The SMILES string of the molecule is CC(C)CCC1(C)C(N)C(CN)CN1C. The van der Waals surface area contributed by atoms with Crippen molar-refractivity contribution < 1.29 is 0 Å². The van der Waals surface area contributed by atoms with Crippen molar-refractivity contribution in [3.05, 3.63) is 0 Å². The molecular formula is C12H27N3. The summed E-state index contributed by atoms with van der Waals surface area (Å²) in [5, 5.41) is 0. The fraction of sp³-hybridized carbons (Fsp3) is 1.00. The smallest absolute Gasteiger partial charge is 0.0333 e. The summed E-state index contributed by atoms with van der Waals surface area (Å²) < 4.78 is 0. The molecule has 0 radical (unpaired) electrons. The molecule has 0 saturated carbocycles. The lowest BCUT2D eigenvalue weighted by Gasteiger charge is -2.37. The highest BCUT2D eigenvalue weighted by Gasteiger charge is 2.45. The van der Waals surface area contributed by atoms with E-state index in [-0.39, 0.29) is 11.6 Å². The Morgan fingerprint density at radius 3 is 2.47 bits per heavy atom. The monoisotopic (exact) mass is 213 g/mol. The minimum absolute atomic E-state index is 0.147. The van der Waals surface area contributed by atoms with Crippen LogP contribution in [0.2, 0.25) is 0 Å². The van der Waals surface area contributed by atoms with Crippen LogP contribution in [0.25, 0.3) is 0 Å². The number of rotatable bonds is 4. The Hall–Kier alpha value is -0.120. The normalized spacial score (nSPS) is 37.8. The molecule has 0 aliphatic carbocycles. The van der Waals surface area contributed by atoms with Gasteiger partial charge in [0.2, 0.25) is 0 Å². The van der Waals surface area contributed by atoms with E-state index in [1.807, 2.05) is 0 Å². The summed E-state index contributed by atoms with van der Waals surface area (Å²) in [4.78, 5) is 2.40. The zero-order valence-electron chi connectivity index (χ0n) is 10.7. The second kappa shape index (κ2) is 4.81.